The normalized spacial score (nSPS) is 15.9. The molecule has 0 amide bonds. The highest BCUT2D eigenvalue weighted by molar-refractivity contribution is 5.95. The number of anilines is 1. The lowest BCUT2D eigenvalue weighted by Gasteiger charge is -2.31. The number of nitrogens with zero attached hydrogens (tertiary/aromatic N) is 2. The summed E-state index contributed by atoms with van der Waals surface area (Å²) in [5.41, 5.74) is 1.05. The van der Waals surface area contributed by atoms with E-state index in [1.54, 1.807) is 19.4 Å². The third-order valence-corrected chi connectivity index (χ3v) is 3.96. The Morgan fingerprint density at radius 1 is 1.60 bits per heavy atom. The van der Waals surface area contributed by atoms with Crippen molar-refractivity contribution in [1.29, 1.82) is 0 Å². The number of aromatic nitrogens is 1. The zero-order chi connectivity index (χ0) is 14.7. The van der Waals surface area contributed by atoms with Crippen LogP contribution in [0.25, 0.3) is 0 Å². The predicted molar refractivity (Wildman–Crippen MR) is 77.3 cm³/mol. The van der Waals surface area contributed by atoms with E-state index in [0.29, 0.717) is 30.5 Å². The number of methoxy groups -OCH3 is 1. The zero-order valence-corrected chi connectivity index (χ0v) is 12.3. The molecule has 110 valence electrons. The molecule has 1 fully saturated rings. The SMILES string of the molecule is COCCN(c1nccc(C)c1C(=O)O)C(C)C1CC1. The summed E-state index contributed by atoms with van der Waals surface area (Å²) in [6.45, 7) is 5.17. The van der Waals surface area contributed by atoms with Crippen molar-refractivity contribution < 1.29 is 14.6 Å². The highest BCUT2D eigenvalue weighted by Crippen LogP contribution is 2.37. The Balaban J connectivity index is 2.36. The lowest BCUT2D eigenvalue weighted by molar-refractivity contribution is 0.0696. The van der Waals surface area contributed by atoms with Crippen molar-refractivity contribution >= 4 is 11.8 Å². The molecule has 0 saturated heterocycles. The molecule has 2 rings (SSSR count). The minimum atomic E-state index is -0.920. The number of ether oxygens (including phenoxy) is 1. The van der Waals surface area contributed by atoms with Gasteiger partial charge < -0.3 is 14.7 Å². The Morgan fingerprint density at radius 3 is 2.85 bits per heavy atom. The van der Waals surface area contributed by atoms with Crippen LogP contribution in [0.3, 0.4) is 0 Å². The summed E-state index contributed by atoms with van der Waals surface area (Å²) in [5.74, 6) is 0.278. The van der Waals surface area contributed by atoms with Crippen LogP contribution in [0.15, 0.2) is 12.3 Å². The molecule has 0 aromatic carbocycles. The van der Waals surface area contributed by atoms with Crippen LogP contribution < -0.4 is 4.90 Å². The number of carbonyl (C=O) groups is 1. The van der Waals surface area contributed by atoms with Crippen molar-refractivity contribution in [2.24, 2.45) is 5.92 Å². The standard InChI is InChI=1S/C15H22N2O3/c1-10-6-7-16-14(13(10)15(18)19)17(8-9-20-3)11(2)12-4-5-12/h6-7,11-12H,4-5,8-9H2,1-3H3,(H,18,19). The van der Waals surface area contributed by atoms with Gasteiger partial charge in [0.1, 0.15) is 11.4 Å². The second-order valence-corrected chi connectivity index (χ2v) is 5.40. The van der Waals surface area contributed by atoms with E-state index in [1.807, 2.05) is 6.92 Å². The van der Waals surface area contributed by atoms with Crippen LogP contribution in [0.2, 0.25) is 0 Å². The number of hydrogen-bond acceptors (Lipinski definition) is 4. The van der Waals surface area contributed by atoms with Gasteiger partial charge in [0.2, 0.25) is 0 Å². The fourth-order valence-corrected chi connectivity index (χ4v) is 2.55. The van der Waals surface area contributed by atoms with E-state index in [2.05, 4.69) is 16.8 Å². The second kappa shape index (κ2) is 6.22. The van der Waals surface area contributed by atoms with Crippen molar-refractivity contribution in [3.63, 3.8) is 0 Å². The maximum Gasteiger partial charge on any atom is 0.339 e. The van der Waals surface area contributed by atoms with Crippen molar-refractivity contribution in [2.75, 3.05) is 25.2 Å². The van der Waals surface area contributed by atoms with Gasteiger partial charge in [-0.25, -0.2) is 9.78 Å². The maximum atomic E-state index is 11.5. The molecule has 1 aromatic rings. The van der Waals surface area contributed by atoms with Crippen LogP contribution in [0, 0.1) is 12.8 Å². The van der Waals surface area contributed by atoms with Crippen molar-refractivity contribution in [3.05, 3.63) is 23.4 Å². The lowest BCUT2D eigenvalue weighted by atomic mass is 10.1. The molecule has 0 radical (unpaired) electrons. The summed E-state index contributed by atoms with van der Waals surface area (Å²) in [6, 6.07) is 2.03. The van der Waals surface area contributed by atoms with Gasteiger partial charge in [-0.3, -0.25) is 0 Å². The molecule has 5 nitrogen and oxygen atoms in total. The zero-order valence-electron chi connectivity index (χ0n) is 12.3. The Bertz CT molecular complexity index is 486. The van der Waals surface area contributed by atoms with Gasteiger partial charge in [-0.05, 0) is 44.2 Å². The van der Waals surface area contributed by atoms with Gasteiger partial charge in [0.05, 0.1) is 6.61 Å². The van der Waals surface area contributed by atoms with Crippen LogP contribution in [0.5, 0.6) is 0 Å². The maximum absolute atomic E-state index is 11.5. The lowest BCUT2D eigenvalue weighted by Crippen LogP contribution is -2.39. The summed E-state index contributed by atoms with van der Waals surface area (Å²) in [7, 11) is 1.65. The molecule has 0 bridgehead atoms. The van der Waals surface area contributed by atoms with Gasteiger partial charge in [0, 0.05) is 25.9 Å². The molecule has 1 N–H and O–H groups in total. The number of carboxylic acids is 1. The molecule has 0 aliphatic heterocycles. The minimum Gasteiger partial charge on any atom is -0.478 e. The molecule has 1 aliphatic carbocycles. The second-order valence-electron chi connectivity index (χ2n) is 5.40. The molecule has 1 saturated carbocycles. The largest absolute Gasteiger partial charge is 0.478 e. The third-order valence-electron chi connectivity index (χ3n) is 3.96. The number of aromatic carboxylic acids is 1. The van der Waals surface area contributed by atoms with Crippen LogP contribution >= 0.6 is 0 Å². The minimum absolute atomic E-state index is 0.289. The first kappa shape index (κ1) is 14.8. The van der Waals surface area contributed by atoms with E-state index in [0.717, 1.165) is 5.56 Å². The summed E-state index contributed by atoms with van der Waals surface area (Å²) in [6.07, 6.45) is 4.09. The molecule has 1 unspecified atom stereocenters. The molecule has 5 heteroatoms. The fourth-order valence-electron chi connectivity index (χ4n) is 2.55. The van der Waals surface area contributed by atoms with Crippen LogP contribution in [-0.2, 0) is 4.74 Å². The van der Waals surface area contributed by atoms with Gasteiger partial charge in [-0.1, -0.05) is 0 Å². The Hall–Kier alpha value is -1.62. The molecule has 1 aliphatic rings. The van der Waals surface area contributed by atoms with E-state index >= 15 is 0 Å². The van der Waals surface area contributed by atoms with Crippen LogP contribution in [0.1, 0.15) is 35.7 Å². The van der Waals surface area contributed by atoms with Gasteiger partial charge in [-0.15, -0.1) is 0 Å². The first-order valence-electron chi connectivity index (χ1n) is 7.00. The van der Waals surface area contributed by atoms with E-state index in [1.165, 1.54) is 12.8 Å². The average Bonchev–Trinajstić information content (AvgIpc) is 3.22. The van der Waals surface area contributed by atoms with Gasteiger partial charge in [-0.2, -0.15) is 0 Å². The van der Waals surface area contributed by atoms with Crippen molar-refractivity contribution in [3.8, 4) is 0 Å². The summed E-state index contributed by atoms with van der Waals surface area (Å²) in [5, 5.41) is 9.46. The Kier molecular flexibility index (Phi) is 4.60. The molecule has 0 spiro atoms. The molecule has 1 atom stereocenters. The summed E-state index contributed by atoms with van der Waals surface area (Å²) in [4.78, 5) is 17.9. The summed E-state index contributed by atoms with van der Waals surface area (Å²) >= 11 is 0. The predicted octanol–water partition coefficient (Wildman–Crippen LogP) is 2.34. The number of rotatable bonds is 7. The van der Waals surface area contributed by atoms with E-state index < -0.39 is 5.97 Å². The molecule has 1 heterocycles. The molecule has 1 aromatic heterocycles. The van der Waals surface area contributed by atoms with E-state index in [9.17, 15) is 9.90 Å². The number of hydrogen-bond donors (Lipinski definition) is 1. The van der Waals surface area contributed by atoms with Gasteiger partial charge >= 0.3 is 5.97 Å². The molecular weight excluding hydrogens is 256 g/mol. The molecule has 20 heavy (non-hydrogen) atoms. The number of aryl methyl sites for hydroxylation is 1. The fraction of sp³-hybridized carbons (Fsp3) is 0.600. The Labute approximate surface area is 119 Å². The smallest absolute Gasteiger partial charge is 0.339 e. The first-order chi connectivity index (χ1) is 9.56. The van der Waals surface area contributed by atoms with Gasteiger partial charge in [0.25, 0.3) is 0 Å². The first-order valence-corrected chi connectivity index (χ1v) is 7.00. The van der Waals surface area contributed by atoms with Gasteiger partial charge in [0.15, 0.2) is 0 Å². The third kappa shape index (κ3) is 3.10. The van der Waals surface area contributed by atoms with Crippen molar-refractivity contribution in [2.45, 2.75) is 32.7 Å². The van der Waals surface area contributed by atoms with Crippen LogP contribution in [0.4, 0.5) is 5.82 Å². The average molecular weight is 278 g/mol. The van der Waals surface area contributed by atoms with E-state index in [-0.39, 0.29) is 6.04 Å². The highest BCUT2D eigenvalue weighted by Gasteiger charge is 2.34. The summed E-state index contributed by atoms with van der Waals surface area (Å²) < 4.78 is 5.16. The highest BCUT2D eigenvalue weighted by atomic mass is 16.5. The van der Waals surface area contributed by atoms with Crippen molar-refractivity contribution in [1.82, 2.24) is 4.98 Å². The number of pyridine rings is 1. The topological polar surface area (TPSA) is 62.7 Å². The number of carboxylic acid groups (broad SMARTS) is 1. The quantitative estimate of drug-likeness (QED) is 0.829. The van der Waals surface area contributed by atoms with E-state index in [4.69, 9.17) is 4.74 Å². The van der Waals surface area contributed by atoms with Crippen LogP contribution in [-0.4, -0.2) is 42.4 Å². The monoisotopic (exact) mass is 278 g/mol. The Morgan fingerprint density at radius 2 is 2.30 bits per heavy atom. The molecular formula is C15H22N2O3.